The Morgan fingerprint density at radius 2 is 1.92 bits per heavy atom. The van der Waals surface area contributed by atoms with Crippen LogP contribution in [0.4, 0.5) is 0 Å². The second-order valence-corrected chi connectivity index (χ2v) is 6.88. The van der Waals surface area contributed by atoms with E-state index in [9.17, 15) is 4.79 Å². The highest BCUT2D eigenvalue weighted by atomic mass is 16.1. The molecule has 0 radical (unpaired) electrons. The van der Waals surface area contributed by atoms with Gasteiger partial charge >= 0.3 is 0 Å². The van der Waals surface area contributed by atoms with E-state index < -0.39 is 0 Å². The molecule has 0 saturated heterocycles. The van der Waals surface area contributed by atoms with Gasteiger partial charge in [-0.1, -0.05) is 38.3 Å². The topological polar surface area (TPSA) is 41.1 Å². The van der Waals surface area contributed by atoms with Crippen LogP contribution in [0.1, 0.15) is 72.1 Å². The summed E-state index contributed by atoms with van der Waals surface area (Å²) < 4.78 is 0.942. The van der Waals surface area contributed by atoms with Crippen molar-refractivity contribution in [3.05, 3.63) is 24.6 Å². The van der Waals surface area contributed by atoms with Crippen molar-refractivity contribution >= 4 is 5.91 Å². The number of nitrogens with one attached hydrogen (secondary N) is 2. The third-order valence-corrected chi connectivity index (χ3v) is 5.01. The van der Waals surface area contributed by atoms with Crippen molar-refractivity contribution in [2.45, 2.75) is 78.3 Å². The first kappa shape index (κ1) is 20.8. The predicted molar refractivity (Wildman–Crippen MR) is 102 cm³/mol. The number of hydrogen-bond donors (Lipinski definition) is 2. The summed E-state index contributed by atoms with van der Waals surface area (Å²) in [6, 6.07) is 0. The third-order valence-electron chi connectivity index (χ3n) is 5.01. The van der Waals surface area contributed by atoms with E-state index in [0.717, 1.165) is 24.1 Å². The number of likely N-dealkylation sites (N-methyl/N-ethyl adjacent to an activating group) is 1. The minimum absolute atomic E-state index is 0.0592. The van der Waals surface area contributed by atoms with Gasteiger partial charge in [-0.2, -0.15) is 0 Å². The maximum atomic E-state index is 11.1. The van der Waals surface area contributed by atoms with Crippen LogP contribution in [0.25, 0.3) is 0 Å². The Kier molecular flexibility index (Phi) is 10.5. The summed E-state index contributed by atoms with van der Waals surface area (Å²) in [4.78, 5) is 11.1. The number of carbonyl (C=O) groups excluding carboxylic acids is 1. The molecule has 138 valence electrons. The molecule has 1 aliphatic heterocycles. The monoisotopic (exact) mass is 336 g/mol. The number of nitrogens with zero attached hydrogens (tertiary/aromatic N) is 1. The quantitative estimate of drug-likeness (QED) is 0.302. The molecule has 0 aromatic heterocycles. The van der Waals surface area contributed by atoms with Crippen LogP contribution in [-0.4, -0.2) is 36.2 Å². The van der Waals surface area contributed by atoms with Gasteiger partial charge in [0.15, 0.2) is 6.17 Å². The molecule has 1 heterocycles. The Labute approximate surface area is 149 Å². The number of amides is 1. The van der Waals surface area contributed by atoms with Gasteiger partial charge in [-0.05, 0) is 32.6 Å². The number of unbranched alkanes of at least 4 members (excludes halogenated alkanes) is 5. The lowest BCUT2D eigenvalue weighted by Gasteiger charge is -2.37. The van der Waals surface area contributed by atoms with Gasteiger partial charge in [0, 0.05) is 13.3 Å². The summed E-state index contributed by atoms with van der Waals surface area (Å²) in [7, 11) is 0. The summed E-state index contributed by atoms with van der Waals surface area (Å²) in [6.07, 6.45) is 19.6. The first-order chi connectivity index (χ1) is 11.6. The molecule has 0 aromatic rings. The molecular weight excluding hydrogens is 298 g/mol. The van der Waals surface area contributed by atoms with Crippen LogP contribution in [0.3, 0.4) is 0 Å². The van der Waals surface area contributed by atoms with Gasteiger partial charge in [-0.15, -0.1) is 0 Å². The van der Waals surface area contributed by atoms with Crippen molar-refractivity contribution in [1.82, 2.24) is 10.6 Å². The molecule has 24 heavy (non-hydrogen) atoms. The van der Waals surface area contributed by atoms with Gasteiger partial charge in [0.1, 0.15) is 12.7 Å². The highest BCUT2D eigenvalue weighted by Gasteiger charge is 2.36. The standard InChI is InChI=1S/C20H37N3O/c1-4-6-7-8-9-10-11-12-13-14-20-22-16-18-23(20,5-2)17-15-21-19(3)24/h8-9,16,18,20,22H,4-7,10-15,17H2,1-3H3/p+1/b9-8+. The molecular formula is C20H38N3O+. The Morgan fingerprint density at radius 3 is 2.58 bits per heavy atom. The van der Waals surface area contributed by atoms with E-state index in [-0.39, 0.29) is 5.91 Å². The maximum absolute atomic E-state index is 11.1. The maximum Gasteiger partial charge on any atom is 0.217 e. The van der Waals surface area contributed by atoms with E-state index in [4.69, 9.17) is 0 Å². The number of allylic oxidation sites excluding steroid dienone is 2. The molecule has 1 amide bonds. The average molecular weight is 337 g/mol. The molecule has 0 fully saturated rings. The number of hydrogen-bond acceptors (Lipinski definition) is 2. The molecule has 1 rings (SSSR count). The molecule has 0 aromatic carbocycles. The first-order valence-corrected chi connectivity index (χ1v) is 9.84. The minimum Gasteiger partial charge on any atom is -0.351 e. The Balaban J connectivity index is 2.23. The molecule has 0 spiro atoms. The normalized spacial score (nSPS) is 22.9. The second kappa shape index (κ2) is 12.1. The molecule has 0 bridgehead atoms. The van der Waals surface area contributed by atoms with Gasteiger partial charge < -0.3 is 10.6 Å². The third kappa shape index (κ3) is 7.52. The minimum atomic E-state index is 0.0592. The Morgan fingerprint density at radius 1 is 1.17 bits per heavy atom. The second-order valence-electron chi connectivity index (χ2n) is 6.88. The highest BCUT2D eigenvalue weighted by molar-refractivity contribution is 5.72. The van der Waals surface area contributed by atoms with Crippen LogP contribution in [-0.2, 0) is 4.79 Å². The van der Waals surface area contributed by atoms with Crippen LogP contribution < -0.4 is 10.6 Å². The Hall–Kier alpha value is -1.29. The van der Waals surface area contributed by atoms with Crippen LogP contribution in [0.2, 0.25) is 0 Å². The number of rotatable bonds is 13. The first-order valence-electron chi connectivity index (χ1n) is 9.84. The van der Waals surface area contributed by atoms with Gasteiger partial charge in [0.25, 0.3) is 0 Å². The lowest BCUT2D eigenvalue weighted by Crippen LogP contribution is -2.55. The predicted octanol–water partition coefficient (Wildman–Crippen LogP) is 4.06. The van der Waals surface area contributed by atoms with E-state index >= 15 is 0 Å². The molecule has 2 atom stereocenters. The molecule has 0 saturated carbocycles. The average Bonchev–Trinajstić information content (AvgIpc) is 2.96. The van der Waals surface area contributed by atoms with Gasteiger partial charge in [0.2, 0.25) is 5.91 Å². The zero-order valence-corrected chi connectivity index (χ0v) is 16.0. The van der Waals surface area contributed by atoms with E-state index in [1.807, 2.05) is 0 Å². The summed E-state index contributed by atoms with van der Waals surface area (Å²) >= 11 is 0. The summed E-state index contributed by atoms with van der Waals surface area (Å²) in [5, 5.41) is 6.46. The number of carbonyl (C=O) groups is 1. The van der Waals surface area contributed by atoms with Crippen molar-refractivity contribution in [3.63, 3.8) is 0 Å². The fourth-order valence-electron chi connectivity index (χ4n) is 3.38. The zero-order chi connectivity index (χ0) is 17.7. The van der Waals surface area contributed by atoms with Crippen LogP contribution in [0.5, 0.6) is 0 Å². The molecule has 4 nitrogen and oxygen atoms in total. The molecule has 2 N–H and O–H groups in total. The van der Waals surface area contributed by atoms with Crippen molar-refractivity contribution < 1.29 is 9.28 Å². The fraction of sp³-hybridized carbons (Fsp3) is 0.750. The molecule has 0 aliphatic carbocycles. The van der Waals surface area contributed by atoms with Crippen molar-refractivity contribution in [1.29, 1.82) is 0 Å². The smallest absolute Gasteiger partial charge is 0.217 e. The van der Waals surface area contributed by atoms with Crippen molar-refractivity contribution in [2.24, 2.45) is 0 Å². The van der Waals surface area contributed by atoms with E-state index in [0.29, 0.717) is 6.17 Å². The van der Waals surface area contributed by atoms with Crippen LogP contribution in [0, 0.1) is 0 Å². The van der Waals surface area contributed by atoms with E-state index in [1.165, 1.54) is 51.4 Å². The summed E-state index contributed by atoms with van der Waals surface area (Å²) in [5.74, 6) is 0.0592. The zero-order valence-electron chi connectivity index (χ0n) is 16.0. The van der Waals surface area contributed by atoms with E-state index in [2.05, 4.69) is 49.0 Å². The SMILES string of the molecule is CCCC/C=C/CCCCCC1NC=C[N+]1(CC)CCNC(C)=O. The van der Waals surface area contributed by atoms with E-state index in [1.54, 1.807) is 6.92 Å². The van der Waals surface area contributed by atoms with Gasteiger partial charge in [0.05, 0.1) is 19.3 Å². The van der Waals surface area contributed by atoms with Crippen molar-refractivity contribution in [2.75, 3.05) is 19.6 Å². The van der Waals surface area contributed by atoms with Gasteiger partial charge in [-0.25, -0.2) is 0 Å². The highest BCUT2D eigenvalue weighted by Crippen LogP contribution is 2.22. The van der Waals surface area contributed by atoms with Crippen molar-refractivity contribution in [3.8, 4) is 0 Å². The Bertz CT molecular complexity index is 406. The molecule has 1 aliphatic rings. The summed E-state index contributed by atoms with van der Waals surface area (Å²) in [6.45, 7) is 8.83. The molecule has 4 heteroatoms. The lowest BCUT2D eigenvalue weighted by atomic mass is 10.1. The van der Waals surface area contributed by atoms with Gasteiger partial charge in [-0.3, -0.25) is 9.28 Å². The largest absolute Gasteiger partial charge is 0.351 e. The summed E-state index contributed by atoms with van der Waals surface area (Å²) in [5.41, 5.74) is 0. The number of quaternary nitrogens is 1. The fourth-order valence-corrected chi connectivity index (χ4v) is 3.38. The van der Waals surface area contributed by atoms with Crippen LogP contribution in [0.15, 0.2) is 24.6 Å². The van der Waals surface area contributed by atoms with Crippen LogP contribution >= 0.6 is 0 Å². The molecule has 2 unspecified atom stereocenters. The lowest BCUT2D eigenvalue weighted by molar-refractivity contribution is -0.898.